The van der Waals surface area contributed by atoms with Gasteiger partial charge in [0.05, 0.1) is 0 Å². The van der Waals surface area contributed by atoms with Gasteiger partial charge in [-0.1, -0.05) is 35.9 Å². The van der Waals surface area contributed by atoms with Crippen LogP contribution in [0.5, 0.6) is 11.5 Å². The molecule has 110 valence electrons. The maximum atomic E-state index is 5.99. The quantitative estimate of drug-likeness (QED) is 0.938. The second-order valence-electron chi connectivity index (χ2n) is 5.53. The van der Waals surface area contributed by atoms with Crippen LogP contribution in [0.3, 0.4) is 0 Å². The molecule has 2 aromatic carbocycles. The monoisotopic (exact) mass is 283 g/mol. The molecule has 1 aliphatic rings. The molecule has 0 radical (unpaired) electrons. The van der Waals surface area contributed by atoms with Crippen molar-refractivity contribution in [2.75, 3.05) is 19.8 Å². The lowest BCUT2D eigenvalue weighted by Crippen LogP contribution is -2.18. The zero-order valence-electron chi connectivity index (χ0n) is 12.3. The highest BCUT2D eigenvalue weighted by molar-refractivity contribution is 5.45. The molecule has 0 saturated carbocycles. The van der Waals surface area contributed by atoms with Gasteiger partial charge in [-0.05, 0) is 43.1 Å². The Labute approximate surface area is 125 Å². The second kappa shape index (κ2) is 6.19. The summed E-state index contributed by atoms with van der Waals surface area (Å²) in [5, 5.41) is 0. The molecule has 0 spiro atoms. The van der Waals surface area contributed by atoms with Crippen molar-refractivity contribution >= 4 is 0 Å². The lowest BCUT2D eigenvalue weighted by atomic mass is 9.91. The van der Waals surface area contributed by atoms with Gasteiger partial charge in [0.15, 0.2) is 11.5 Å². The van der Waals surface area contributed by atoms with Crippen molar-refractivity contribution in [3.05, 3.63) is 59.2 Å². The van der Waals surface area contributed by atoms with E-state index >= 15 is 0 Å². The zero-order valence-corrected chi connectivity index (χ0v) is 12.3. The SMILES string of the molecule is Cc1ccc(CC(CN)c2ccc3c(c2)OCCO3)cc1. The summed E-state index contributed by atoms with van der Waals surface area (Å²) in [6.45, 7) is 3.95. The van der Waals surface area contributed by atoms with E-state index in [1.54, 1.807) is 0 Å². The maximum absolute atomic E-state index is 5.99. The van der Waals surface area contributed by atoms with Gasteiger partial charge in [-0.3, -0.25) is 0 Å². The molecule has 0 aromatic heterocycles. The van der Waals surface area contributed by atoms with Crippen molar-refractivity contribution in [1.29, 1.82) is 0 Å². The van der Waals surface area contributed by atoms with Gasteiger partial charge < -0.3 is 15.2 Å². The van der Waals surface area contributed by atoms with Crippen LogP contribution in [0.1, 0.15) is 22.6 Å². The van der Waals surface area contributed by atoms with Crippen LogP contribution in [-0.4, -0.2) is 19.8 Å². The molecule has 0 saturated heterocycles. The molecule has 0 bridgehead atoms. The van der Waals surface area contributed by atoms with Crippen LogP contribution in [0.25, 0.3) is 0 Å². The molecule has 0 fully saturated rings. The Bertz CT molecular complexity index is 607. The van der Waals surface area contributed by atoms with Gasteiger partial charge >= 0.3 is 0 Å². The predicted molar refractivity (Wildman–Crippen MR) is 84.1 cm³/mol. The van der Waals surface area contributed by atoms with E-state index in [-0.39, 0.29) is 0 Å². The molecule has 2 aromatic rings. The highest BCUT2D eigenvalue weighted by Gasteiger charge is 2.16. The minimum Gasteiger partial charge on any atom is -0.486 e. The average molecular weight is 283 g/mol. The summed E-state index contributed by atoms with van der Waals surface area (Å²) in [6, 6.07) is 14.8. The first kappa shape index (κ1) is 14.0. The average Bonchev–Trinajstić information content (AvgIpc) is 2.54. The van der Waals surface area contributed by atoms with E-state index in [2.05, 4.69) is 43.3 Å². The molecule has 2 N–H and O–H groups in total. The number of hydrogen-bond donors (Lipinski definition) is 1. The lowest BCUT2D eigenvalue weighted by Gasteiger charge is -2.21. The number of hydrogen-bond acceptors (Lipinski definition) is 3. The van der Waals surface area contributed by atoms with Crippen molar-refractivity contribution in [3.8, 4) is 11.5 Å². The Kier molecular flexibility index (Phi) is 4.11. The van der Waals surface area contributed by atoms with Crippen LogP contribution >= 0.6 is 0 Å². The third-order valence-corrected chi connectivity index (χ3v) is 3.92. The first-order chi connectivity index (χ1) is 10.3. The molecular weight excluding hydrogens is 262 g/mol. The number of rotatable bonds is 4. The topological polar surface area (TPSA) is 44.5 Å². The lowest BCUT2D eigenvalue weighted by molar-refractivity contribution is 0.171. The fraction of sp³-hybridized carbons (Fsp3) is 0.333. The van der Waals surface area contributed by atoms with E-state index in [1.807, 2.05) is 6.07 Å². The number of benzene rings is 2. The number of aryl methyl sites for hydroxylation is 1. The zero-order chi connectivity index (χ0) is 14.7. The van der Waals surface area contributed by atoms with Gasteiger partial charge in [0.25, 0.3) is 0 Å². The maximum Gasteiger partial charge on any atom is 0.161 e. The van der Waals surface area contributed by atoms with Crippen LogP contribution < -0.4 is 15.2 Å². The van der Waals surface area contributed by atoms with Crippen molar-refractivity contribution in [2.24, 2.45) is 5.73 Å². The minimum atomic E-state index is 0.295. The fourth-order valence-corrected chi connectivity index (χ4v) is 2.66. The van der Waals surface area contributed by atoms with E-state index in [9.17, 15) is 0 Å². The molecule has 1 heterocycles. The highest BCUT2D eigenvalue weighted by Crippen LogP contribution is 2.33. The number of nitrogens with two attached hydrogens (primary N) is 1. The Balaban J connectivity index is 1.81. The number of ether oxygens (including phenoxy) is 2. The standard InChI is InChI=1S/C18H21NO2/c1-13-2-4-14(5-3-13)10-16(12-19)15-6-7-17-18(11-15)21-9-8-20-17/h2-7,11,16H,8-10,12,19H2,1H3. The summed E-state index contributed by atoms with van der Waals surface area (Å²) in [5.41, 5.74) is 9.79. The van der Waals surface area contributed by atoms with Crippen molar-refractivity contribution in [1.82, 2.24) is 0 Å². The van der Waals surface area contributed by atoms with Crippen LogP contribution in [0.15, 0.2) is 42.5 Å². The Morgan fingerprint density at radius 3 is 2.43 bits per heavy atom. The minimum absolute atomic E-state index is 0.295. The van der Waals surface area contributed by atoms with Gasteiger partial charge in [-0.2, -0.15) is 0 Å². The Morgan fingerprint density at radius 2 is 1.71 bits per heavy atom. The first-order valence-corrected chi connectivity index (χ1v) is 7.41. The fourth-order valence-electron chi connectivity index (χ4n) is 2.66. The molecule has 3 nitrogen and oxygen atoms in total. The summed E-state index contributed by atoms with van der Waals surface area (Å²) in [4.78, 5) is 0. The van der Waals surface area contributed by atoms with Gasteiger partial charge in [0, 0.05) is 5.92 Å². The van der Waals surface area contributed by atoms with Crippen molar-refractivity contribution < 1.29 is 9.47 Å². The Morgan fingerprint density at radius 1 is 1.00 bits per heavy atom. The Hall–Kier alpha value is -2.00. The molecule has 21 heavy (non-hydrogen) atoms. The van der Waals surface area contributed by atoms with Crippen LogP contribution in [-0.2, 0) is 6.42 Å². The van der Waals surface area contributed by atoms with Gasteiger partial charge in [-0.15, -0.1) is 0 Å². The largest absolute Gasteiger partial charge is 0.486 e. The molecule has 3 heteroatoms. The number of fused-ring (bicyclic) bond motifs is 1. The molecule has 3 rings (SSSR count). The van der Waals surface area contributed by atoms with Crippen LogP contribution in [0.4, 0.5) is 0 Å². The second-order valence-corrected chi connectivity index (χ2v) is 5.53. The normalized spacial score (nSPS) is 14.8. The van der Waals surface area contributed by atoms with E-state index in [1.165, 1.54) is 16.7 Å². The third kappa shape index (κ3) is 3.19. The summed E-state index contributed by atoms with van der Waals surface area (Å²) < 4.78 is 11.2. The van der Waals surface area contributed by atoms with E-state index in [0.29, 0.717) is 25.7 Å². The predicted octanol–water partition coefficient (Wildman–Crippen LogP) is 3.05. The van der Waals surface area contributed by atoms with Crippen molar-refractivity contribution in [2.45, 2.75) is 19.3 Å². The van der Waals surface area contributed by atoms with E-state index in [4.69, 9.17) is 15.2 Å². The summed E-state index contributed by atoms with van der Waals surface area (Å²) >= 11 is 0. The van der Waals surface area contributed by atoms with Gasteiger partial charge in [0.2, 0.25) is 0 Å². The molecule has 0 amide bonds. The van der Waals surface area contributed by atoms with E-state index in [0.717, 1.165) is 17.9 Å². The molecule has 1 aliphatic heterocycles. The molecule has 0 aliphatic carbocycles. The smallest absolute Gasteiger partial charge is 0.161 e. The molecular formula is C18H21NO2. The first-order valence-electron chi connectivity index (χ1n) is 7.41. The van der Waals surface area contributed by atoms with Crippen LogP contribution in [0.2, 0.25) is 0 Å². The highest BCUT2D eigenvalue weighted by atomic mass is 16.6. The molecule has 1 unspecified atom stereocenters. The van der Waals surface area contributed by atoms with Crippen molar-refractivity contribution in [3.63, 3.8) is 0 Å². The van der Waals surface area contributed by atoms with E-state index < -0.39 is 0 Å². The van der Waals surface area contributed by atoms with Gasteiger partial charge in [0.1, 0.15) is 13.2 Å². The van der Waals surface area contributed by atoms with Crippen LogP contribution in [0, 0.1) is 6.92 Å². The summed E-state index contributed by atoms with van der Waals surface area (Å²) in [7, 11) is 0. The summed E-state index contributed by atoms with van der Waals surface area (Å²) in [5.74, 6) is 1.96. The third-order valence-electron chi connectivity index (χ3n) is 3.92. The molecule has 1 atom stereocenters. The summed E-state index contributed by atoms with van der Waals surface area (Å²) in [6.07, 6.45) is 0.941. The van der Waals surface area contributed by atoms with Gasteiger partial charge in [-0.25, -0.2) is 0 Å².